The summed E-state index contributed by atoms with van der Waals surface area (Å²) in [5, 5.41) is 13.5. The first-order chi connectivity index (χ1) is 9.88. The molecule has 2 amide bonds. The van der Waals surface area contributed by atoms with Gasteiger partial charge in [-0.15, -0.1) is 0 Å². The number of halogens is 2. The monoisotopic (exact) mass is 295 g/mol. The summed E-state index contributed by atoms with van der Waals surface area (Å²) in [5.41, 5.74) is 0.0912. The zero-order valence-electron chi connectivity index (χ0n) is 10.8. The van der Waals surface area contributed by atoms with Crippen LogP contribution < -0.4 is 10.6 Å². The van der Waals surface area contributed by atoms with Gasteiger partial charge in [0.2, 0.25) is 0 Å². The highest BCUT2D eigenvalue weighted by molar-refractivity contribution is 6.05. The Labute approximate surface area is 117 Å². The predicted octanol–water partition coefficient (Wildman–Crippen LogP) is 2.94. The zero-order valence-corrected chi connectivity index (χ0v) is 10.8. The number of anilines is 2. The van der Waals surface area contributed by atoms with Crippen molar-refractivity contribution in [2.24, 2.45) is 0 Å². The Bertz CT molecular complexity index is 713. The van der Waals surface area contributed by atoms with Crippen molar-refractivity contribution < 1.29 is 23.5 Å². The van der Waals surface area contributed by atoms with E-state index in [1.54, 1.807) is 0 Å². The molecule has 21 heavy (non-hydrogen) atoms. The largest absolute Gasteiger partial charge is 0.478 e. The second-order valence-corrected chi connectivity index (χ2v) is 4.21. The van der Waals surface area contributed by atoms with Crippen molar-refractivity contribution in [2.45, 2.75) is 6.92 Å². The van der Waals surface area contributed by atoms with Gasteiger partial charge in [-0.2, -0.15) is 0 Å². The van der Waals surface area contributed by atoms with E-state index >= 15 is 0 Å². The molecule has 0 aliphatic rings. The number of rotatable bonds is 3. The molecule has 0 saturated heterocycles. The average molecular weight is 295 g/mol. The van der Waals surface area contributed by atoms with E-state index in [1.807, 2.05) is 0 Å². The first-order valence-electron chi connectivity index (χ1n) is 5.83. The van der Waals surface area contributed by atoms with E-state index in [2.05, 4.69) is 15.6 Å². The van der Waals surface area contributed by atoms with E-state index in [4.69, 9.17) is 5.11 Å². The number of amides is 2. The van der Waals surface area contributed by atoms with Crippen LogP contribution in [0.4, 0.5) is 25.0 Å². The van der Waals surface area contributed by atoms with Gasteiger partial charge in [-0.1, -0.05) is 0 Å². The summed E-state index contributed by atoms with van der Waals surface area (Å²) in [6.07, 6.45) is 1.30. The van der Waals surface area contributed by atoms with Gasteiger partial charge in [0.1, 0.15) is 17.2 Å². The number of carbonyl (C=O) groups excluding carboxylic acids is 1. The second-order valence-electron chi connectivity index (χ2n) is 4.21. The molecule has 8 heteroatoms. The van der Waals surface area contributed by atoms with Crippen LogP contribution in [0, 0.1) is 18.6 Å². The number of hydrogen-bond donors (Lipinski definition) is 4. The number of hydrogen-bond acceptors (Lipinski definition) is 2. The molecule has 4 N–H and O–H groups in total. The zero-order chi connectivity index (χ0) is 15.6. The van der Waals surface area contributed by atoms with Crippen LogP contribution in [0.5, 0.6) is 0 Å². The molecule has 1 heterocycles. The molecular formula is C13H11F2N3O3. The fourth-order valence-electron chi connectivity index (χ4n) is 1.77. The van der Waals surface area contributed by atoms with Crippen molar-refractivity contribution in [3.8, 4) is 0 Å². The number of carboxylic acid groups (broad SMARTS) is 1. The minimum absolute atomic E-state index is 0.0417. The van der Waals surface area contributed by atoms with Crippen LogP contribution in [-0.4, -0.2) is 22.1 Å². The third-order valence-corrected chi connectivity index (χ3v) is 2.72. The summed E-state index contributed by atoms with van der Waals surface area (Å²) in [6, 6.07) is 1.83. The highest BCUT2D eigenvalue weighted by atomic mass is 19.1. The van der Waals surface area contributed by atoms with Crippen LogP contribution in [0.1, 0.15) is 16.1 Å². The average Bonchev–Trinajstić information content (AvgIpc) is 2.74. The standard InChI is InChI=1S/C13H11F2N3O3/c1-6-11(12(19)20)10(5-16-6)18-13(21)17-9-3-2-7(14)4-8(9)15/h2-5,16H,1H3,(H,19,20)(H2,17,18,21). The van der Waals surface area contributed by atoms with Crippen molar-refractivity contribution in [1.82, 2.24) is 4.98 Å². The van der Waals surface area contributed by atoms with E-state index in [0.717, 1.165) is 12.1 Å². The maximum absolute atomic E-state index is 13.4. The lowest BCUT2D eigenvalue weighted by Gasteiger charge is -2.08. The molecule has 0 aliphatic heterocycles. The molecule has 0 atom stereocenters. The van der Waals surface area contributed by atoms with Crippen molar-refractivity contribution >= 4 is 23.4 Å². The van der Waals surface area contributed by atoms with Crippen LogP contribution >= 0.6 is 0 Å². The Morgan fingerprint density at radius 1 is 1.19 bits per heavy atom. The van der Waals surface area contributed by atoms with Crippen LogP contribution in [0.25, 0.3) is 0 Å². The maximum atomic E-state index is 13.4. The highest BCUT2D eigenvalue weighted by Gasteiger charge is 2.17. The fourth-order valence-corrected chi connectivity index (χ4v) is 1.77. The van der Waals surface area contributed by atoms with Gasteiger partial charge in [0.25, 0.3) is 0 Å². The summed E-state index contributed by atoms with van der Waals surface area (Å²) in [4.78, 5) is 25.4. The number of H-pyrrole nitrogens is 1. The molecule has 0 spiro atoms. The van der Waals surface area contributed by atoms with Crippen LogP contribution in [0.2, 0.25) is 0 Å². The Morgan fingerprint density at radius 2 is 1.86 bits per heavy atom. The number of nitrogens with one attached hydrogen (secondary N) is 3. The molecule has 0 fully saturated rings. The first kappa shape index (κ1) is 14.5. The molecule has 1 aromatic carbocycles. The number of aromatic amines is 1. The molecule has 110 valence electrons. The van der Waals surface area contributed by atoms with E-state index in [-0.39, 0.29) is 16.9 Å². The van der Waals surface area contributed by atoms with E-state index in [0.29, 0.717) is 11.8 Å². The van der Waals surface area contributed by atoms with Gasteiger partial charge < -0.3 is 20.7 Å². The van der Waals surface area contributed by atoms with Gasteiger partial charge in [-0.05, 0) is 19.1 Å². The van der Waals surface area contributed by atoms with Crippen molar-refractivity contribution in [3.63, 3.8) is 0 Å². The molecule has 2 aromatic rings. The van der Waals surface area contributed by atoms with Gasteiger partial charge in [-0.25, -0.2) is 18.4 Å². The third-order valence-electron chi connectivity index (χ3n) is 2.72. The van der Waals surface area contributed by atoms with Gasteiger partial charge >= 0.3 is 12.0 Å². The number of aryl methyl sites for hydroxylation is 1. The Balaban J connectivity index is 2.14. The van der Waals surface area contributed by atoms with E-state index < -0.39 is 23.6 Å². The molecule has 0 unspecified atom stereocenters. The number of carboxylic acids is 1. The van der Waals surface area contributed by atoms with E-state index in [1.165, 1.54) is 13.1 Å². The third kappa shape index (κ3) is 3.16. The molecule has 2 rings (SSSR count). The molecule has 0 radical (unpaired) electrons. The van der Waals surface area contributed by atoms with Gasteiger partial charge in [0, 0.05) is 18.0 Å². The lowest BCUT2D eigenvalue weighted by molar-refractivity contribution is 0.0697. The summed E-state index contributed by atoms with van der Waals surface area (Å²) in [5.74, 6) is -2.92. The number of urea groups is 1. The smallest absolute Gasteiger partial charge is 0.339 e. The molecule has 0 aliphatic carbocycles. The summed E-state index contributed by atoms with van der Waals surface area (Å²) >= 11 is 0. The second kappa shape index (κ2) is 5.61. The Kier molecular flexibility index (Phi) is 3.88. The van der Waals surface area contributed by atoms with Gasteiger partial charge in [-0.3, -0.25) is 0 Å². The van der Waals surface area contributed by atoms with Crippen molar-refractivity contribution in [2.75, 3.05) is 10.6 Å². The highest BCUT2D eigenvalue weighted by Crippen LogP contribution is 2.20. The van der Waals surface area contributed by atoms with Crippen molar-refractivity contribution in [3.05, 3.63) is 47.3 Å². The fraction of sp³-hybridized carbons (Fsp3) is 0.0769. The lowest BCUT2D eigenvalue weighted by atomic mass is 10.2. The molecular weight excluding hydrogens is 284 g/mol. The minimum Gasteiger partial charge on any atom is -0.478 e. The number of aromatic nitrogens is 1. The molecule has 1 aromatic heterocycles. The number of aromatic carboxylic acids is 1. The van der Waals surface area contributed by atoms with E-state index in [9.17, 15) is 18.4 Å². The Hall–Kier alpha value is -2.90. The topological polar surface area (TPSA) is 94.2 Å². The molecule has 0 bridgehead atoms. The SMILES string of the molecule is Cc1[nH]cc(NC(=O)Nc2ccc(F)cc2F)c1C(=O)O. The minimum atomic E-state index is -1.21. The van der Waals surface area contributed by atoms with Gasteiger partial charge in [0.15, 0.2) is 0 Å². The lowest BCUT2D eigenvalue weighted by Crippen LogP contribution is -2.21. The predicted molar refractivity (Wildman–Crippen MR) is 71.5 cm³/mol. The molecule has 0 saturated carbocycles. The normalized spacial score (nSPS) is 10.2. The summed E-state index contributed by atoms with van der Waals surface area (Å²) in [7, 11) is 0. The quantitative estimate of drug-likeness (QED) is 0.701. The van der Waals surface area contributed by atoms with Gasteiger partial charge in [0.05, 0.1) is 11.4 Å². The van der Waals surface area contributed by atoms with Crippen molar-refractivity contribution in [1.29, 1.82) is 0 Å². The van der Waals surface area contributed by atoms with Crippen LogP contribution in [0.3, 0.4) is 0 Å². The molecule has 6 nitrogen and oxygen atoms in total. The summed E-state index contributed by atoms with van der Waals surface area (Å²) in [6.45, 7) is 1.53. The number of benzene rings is 1. The number of carbonyl (C=O) groups is 2. The summed E-state index contributed by atoms with van der Waals surface area (Å²) < 4.78 is 26.1. The maximum Gasteiger partial charge on any atom is 0.339 e. The van der Waals surface area contributed by atoms with Crippen LogP contribution in [-0.2, 0) is 0 Å². The Morgan fingerprint density at radius 3 is 2.48 bits per heavy atom. The van der Waals surface area contributed by atoms with Crippen LogP contribution in [0.15, 0.2) is 24.4 Å². The first-order valence-corrected chi connectivity index (χ1v) is 5.83.